The largest absolute Gasteiger partial charge is 0.477 e. The van der Waals surface area contributed by atoms with Crippen LogP contribution in [-0.2, 0) is 26.3 Å². The molecule has 0 aromatic carbocycles. The van der Waals surface area contributed by atoms with E-state index in [1.807, 2.05) is 18.5 Å². The first-order valence-electron chi connectivity index (χ1n) is 8.00. The van der Waals surface area contributed by atoms with Crippen molar-refractivity contribution in [2.75, 3.05) is 6.54 Å². The Kier molecular flexibility index (Phi) is 4.66. The molecular formula is C16H20N4O3S. The minimum atomic E-state index is -0.938. The Morgan fingerprint density at radius 2 is 1.88 bits per heavy atom. The zero-order valence-corrected chi connectivity index (χ0v) is 14.6. The summed E-state index contributed by atoms with van der Waals surface area (Å²) in [5, 5.41) is 20.3. The Balaban J connectivity index is 1.71. The number of amides is 1. The molecule has 2 N–H and O–H groups in total. The van der Waals surface area contributed by atoms with E-state index in [2.05, 4.69) is 15.5 Å². The zero-order chi connectivity index (χ0) is 17.3. The molecule has 2 heterocycles. The van der Waals surface area contributed by atoms with Crippen LogP contribution in [0.15, 0.2) is 0 Å². The van der Waals surface area contributed by atoms with Crippen LogP contribution in [-0.4, -0.2) is 38.3 Å². The molecule has 0 fully saturated rings. The summed E-state index contributed by atoms with van der Waals surface area (Å²) >= 11 is 1.10. The van der Waals surface area contributed by atoms with Gasteiger partial charge in [0.25, 0.3) is 5.91 Å². The van der Waals surface area contributed by atoms with Crippen LogP contribution >= 0.6 is 11.3 Å². The first kappa shape index (κ1) is 16.6. The van der Waals surface area contributed by atoms with E-state index in [4.69, 9.17) is 0 Å². The summed E-state index contributed by atoms with van der Waals surface area (Å²) in [6.07, 6.45) is 4.10. The van der Waals surface area contributed by atoms with Crippen LogP contribution in [0.3, 0.4) is 0 Å². The van der Waals surface area contributed by atoms with Crippen LogP contribution in [0.2, 0.25) is 0 Å². The number of hydrogen-bond donors (Lipinski definition) is 2. The number of aryl methyl sites for hydroxylation is 1. The first-order valence-corrected chi connectivity index (χ1v) is 8.81. The summed E-state index contributed by atoms with van der Waals surface area (Å²) in [7, 11) is 1.89. The fraction of sp³-hybridized carbons (Fsp3) is 0.500. The molecule has 2 aromatic rings. The molecule has 0 aliphatic heterocycles. The Morgan fingerprint density at radius 3 is 2.46 bits per heavy atom. The Hall–Kier alpha value is -2.22. The number of nitrogens with one attached hydrogen (secondary N) is 1. The van der Waals surface area contributed by atoms with Crippen molar-refractivity contribution < 1.29 is 14.7 Å². The van der Waals surface area contributed by atoms with Crippen molar-refractivity contribution in [3.8, 4) is 0 Å². The van der Waals surface area contributed by atoms with Crippen LogP contribution in [0, 0.1) is 6.92 Å². The van der Waals surface area contributed by atoms with Crippen molar-refractivity contribution in [1.29, 1.82) is 0 Å². The first-order chi connectivity index (χ1) is 11.5. The van der Waals surface area contributed by atoms with E-state index in [1.54, 1.807) is 0 Å². The average Bonchev–Trinajstić information content (AvgIpc) is 3.10. The topological polar surface area (TPSA) is 97.1 Å². The zero-order valence-electron chi connectivity index (χ0n) is 13.8. The molecule has 0 atom stereocenters. The summed E-state index contributed by atoms with van der Waals surface area (Å²) in [6, 6.07) is 0. The smallest absolute Gasteiger partial charge is 0.346 e. The number of thiophene rings is 1. The molecule has 0 unspecified atom stereocenters. The van der Waals surface area contributed by atoms with E-state index in [-0.39, 0.29) is 5.91 Å². The van der Waals surface area contributed by atoms with E-state index in [0.717, 1.165) is 59.8 Å². The van der Waals surface area contributed by atoms with Gasteiger partial charge in [0.2, 0.25) is 0 Å². The van der Waals surface area contributed by atoms with E-state index >= 15 is 0 Å². The number of aromatic carboxylic acids is 1. The molecule has 0 radical (unpaired) electrons. The molecule has 128 valence electrons. The number of carboxylic acids is 1. The van der Waals surface area contributed by atoms with Gasteiger partial charge in [-0.25, -0.2) is 4.79 Å². The van der Waals surface area contributed by atoms with Crippen molar-refractivity contribution in [1.82, 2.24) is 20.1 Å². The fourth-order valence-electron chi connectivity index (χ4n) is 3.02. The summed E-state index contributed by atoms with van der Waals surface area (Å²) in [6.45, 7) is 2.32. The second-order valence-electron chi connectivity index (χ2n) is 5.96. The number of carboxylic acid groups (broad SMARTS) is 1. The number of aromatic nitrogens is 3. The van der Waals surface area contributed by atoms with E-state index in [1.165, 1.54) is 0 Å². The quantitative estimate of drug-likeness (QED) is 0.858. The van der Waals surface area contributed by atoms with Gasteiger partial charge in [0.05, 0.1) is 4.88 Å². The number of nitrogens with zero attached hydrogens (tertiary/aromatic N) is 3. The molecule has 0 bridgehead atoms. The molecule has 24 heavy (non-hydrogen) atoms. The third-order valence-electron chi connectivity index (χ3n) is 4.44. The Bertz CT molecular complexity index is 794. The highest BCUT2D eigenvalue weighted by Crippen LogP contribution is 2.34. The van der Waals surface area contributed by atoms with Gasteiger partial charge in [0.1, 0.15) is 16.5 Å². The maximum Gasteiger partial charge on any atom is 0.346 e. The molecule has 3 rings (SSSR count). The number of rotatable bonds is 5. The number of carbonyl (C=O) groups excluding carboxylic acids is 1. The van der Waals surface area contributed by atoms with Gasteiger partial charge in [-0.1, -0.05) is 0 Å². The molecule has 1 amide bonds. The van der Waals surface area contributed by atoms with Crippen LogP contribution < -0.4 is 5.32 Å². The van der Waals surface area contributed by atoms with Crippen molar-refractivity contribution in [3.05, 3.63) is 32.5 Å². The maximum absolute atomic E-state index is 12.5. The Morgan fingerprint density at radius 1 is 1.21 bits per heavy atom. The van der Waals surface area contributed by atoms with Gasteiger partial charge in [-0.3, -0.25) is 4.79 Å². The summed E-state index contributed by atoms with van der Waals surface area (Å²) in [5.74, 6) is 0.512. The normalized spacial score (nSPS) is 13.6. The number of carbonyl (C=O) groups is 2. The SMILES string of the molecule is Cc1nnc(CCNC(=O)c2sc(C(=O)O)c3c2CCCC3)n1C. The third-order valence-corrected chi connectivity index (χ3v) is 5.70. The summed E-state index contributed by atoms with van der Waals surface area (Å²) in [4.78, 5) is 24.8. The maximum atomic E-state index is 12.5. The highest BCUT2D eigenvalue weighted by Gasteiger charge is 2.27. The van der Waals surface area contributed by atoms with Crippen molar-refractivity contribution in [3.63, 3.8) is 0 Å². The molecule has 0 saturated carbocycles. The van der Waals surface area contributed by atoms with Gasteiger partial charge in [-0.2, -0.15) is 0 Å². The van der Waals surface area contributed by atoms with Crippen LogP contribution in [0.1, 0.15) is 55.0 Å². The molecule has 1 aliphatic rings. The van der Waals surface area contributed by atoms with Crippen LogP contribution in [0.5, 0.6) is 0 Å². The second kappa shape index (κ2) is 6.72. The van der Waals surface area contributed by atoms with E-state index in [9.17, 15) is 14.7 Å². The lowest BCUT2D eigenvalue weighted by molar-refractivity contribution is 0.0700. The molecule has 0 saturated heterocycles. The molecule has 2 aromatic heterocycles. The average molecular weight is 348 g/mol. The lowest BCUT2D eigenvalue weighted by atomic mass is 9.92. The summed E-state index contributed by atoms with van der Waals surface area (Å²) < 4.78 is 1.89. The van der Waals surface area contributed by atoms with Gasteiger partial charge in [-0.15, -0.1) is 21.5 Å². The second-order valence-corrected chi connectivity index (χ2v) is 6.98. The summed E-state index contributed by atoms with van der Waals surface area (Å²) in [5.41, 5.74) is 1.78. The predicted molar refractivity (Wildman–Crippen MR) is 89.7 cm³/mol. The Labute approximate surface area is 143 Å². The van der Waals surface area contributed by atoms with Crippen molar-refractivity contribution in [2.24, 2.45) is 7.05 Å². The molecular weight excluding hydrogens is 328 g/mol. The third kappa shape index (κ3) is 3.06. The van der Waals surface area contributed by atoms with Crippen LogP contribution in [0.4, 0.5) is 0 Å². The number of fused-ring (bicyclic) bond motifs is 1. The minimum absolute atomic E-state index is 0.190. The lowest BCUT2D eigenvalue weighted by Gasteiger charge is -2.13. The molecule has 1 aliphatic carbocycles. The molecule has 8 heteroatoms. The van der Waals surface area contributed by atoms with Gasteiger partial charge in [0.15, 0.2) is 0 Å². The molecule has 7 nitrogen and oxygen atoms in total. The van der Waals surface area contributed by atoms with Crippen molar-refractivity contribution >= 4 is 23.2 Å². The number of hydrogen-bond acceptors (Lipinski definition) is 5. The highest BCUT2D eigenvalue weighted by molar-refractivity contribution is 7.16. The monoisotopic (exact) mass is 348 g/mol. The molecule has 0 spiro atoms. The minimum Gasteiger partial charge on any atom is -0.477 e. The van der Waals surface area contributed by atoms with Gasteiger partial charge < -0.3 is 15.0 Å². The fourth-order valence-corrected chi connectivity index (χ4v) is 4.18. The van der Waals surface area contributed by atoms with Gasteiger partial charge in [-0.05, 0) is 43.7 Å². The predicted octanol–water partition coefficient (Wildman–Crippen LogP) is 1.73. The highest BCUT2D eigenvalue weighted by atomic mass is 32.1. The van der Waals surface area contributed by atoms with Gasteiger partial charge >= 0.3 is 5.97 Å². The van der Waals surface area contributed by atoms with E-state index < -0.39 is 5.97 Å². The standard InChI is InChI=1S/C16H20N4O3S/c1-9-18-19-12(20(9)2)7-8-17-15(21)13-10-5-3-4-6-11(10)14(24-13)16(22)23/h3-8H2,1-2H3,(H,17,21)(H,22,23). The van der Waals surface area contributed by atoms with Crippen molar-refractivity contribution in [2.45, 2.75) is 39.0 Å². The van der Waals surface area contributed by atoms with E-state index in [0.29, 0.717) is 22.7 Å². The lowest BCUT2D eigenvalue weighted by Crippen LogP contribution is -2.26. The van der Waals surface area contributed by atoms with Gasteiger partial charge in [0, 0.05) is 20.0 Å². The van der Waals surface area contributed by atoms with Crippen LogP contribution in [0.25, 0.3) is 0 Å².